The number of piperidine rings is 1. The van der Waals surface area contributed by atoms with Gasteiger partial charge >= 0.3 is 0 Å². The average molecular weight is 345 g/mol. The van der Waals surface area contributed by atoms with Crippen molar-refractivity contribution < 1.29 is 9.18 Å². The average Bonchev–Trinajstić information content (AvgIpc) is 3.29. The van der Waals surface area contributed by atoms with E-state index in [1.807, 2.05) is 6.07 Å². The molecule has 2 N–H and O–H groups in total. The zero-order valence-electron chi connectivity index (χ0n) is 14.8. The molecule has 0 bridgehead atoms. The Morgan fingerprint density at radius 3 is 3.04 bits per heavy atom. The minimum Gasteiger partial charge on any atom is -0.354 e. The second-order valence-electron chi connectivity index (χ2n) is 7.79. The number of hydrogen-bond acceptors (Lipinski definition) is 3. The van der Waals surface area contributed by atoms with Gasteiger partial charge in [0.05, 0.1) is 6.04 Å². The van der Waals surface area contributed by atoms with Gasteiger partial charge in [0, 0.05) is 19.1 Å². The highest BCUT2D eigenvalue weighted by molar-refractivity contribution is 5.81. The van der Waals surface area contributed by atoms with Crippen LogP contribution in [-0.2, 0) is 11.2 Å². The predicted molar refractivity (Wildman–Crippen MR) is 95.8 cm³/mol. The molecule has 3 aliphatic rings. The van der Waals surface area contributed by atoms with Crippen LogP contribution in [0.15, 0.2) is 18.2 Å². The van der Waals surface area contributed by atoms with E-state index in [-0.39, 0.29) is 17.8 Å². The Balaban J connectivity index is 1.34. The van der Waals surface area contributed by atoms with Gasteiger partial charge in [0.15, 0.2) is 0 Å². The van der Waals surface area contributed by atoms with Crippen LogP contribution in [-0.4, -0.2) is 43.0 Å². The van der Waals surface area contributed by atoms with Gasteiger partial charge in [0.25, 0.3) is 0 Å². The van der Waals surface area contributed by atoms with Gasteiger partial charge in [-0.2, -0.15) is 0 Å². The van der Waals surface area contributed by atoms with Gasteiger partial charge in [0.1, 0.15) is 5.82 Å². The lowest BCUT2D eigenvalue weighted by atomic mass is 9.95. The number of amides is 1. The van der Waals surface area contributed by atoms with E-state index in [1.54, 1.807) is 12.1 Å². The Hall–Kier alpha value is -1.46. The van der Waals surface area contributed by atoms with E-state index >= 15 is 0 Å². The summed E-state index contributed by atoms with van der Waals surface area (Å²) in [6, 6.07) is 5.60. The van der Waals surface area contributed by atoms with E-state index in [4.69, 9.17) is 0 Å². The first-order valence-corrected chi connectivity index (χ1v) is 9.74. The van der Waals surface area contributed by atoms with Crippen molar-refractivity contribution >= 4 is 5.91 Å². The van der Waals surface area contributed by atoms with Crippen molar-refractivity contribution in [3.63, 3.8) is 0 Å². The molecule has 1 aromatic rings. The third-order valence-corrected chi connectivity index (χ3v) is 6.09. The van der Waals surface area contributed by atoms with Crippen molar-refractivity contribution in [2.24, 2.45) is 5.92 Å². The number of fused-ring (bicyclic) bond motifs is 1. The fourth-order valence-electron chi connectivity index (χ4n) is 4.75. The smallest absolute Gasteiger partial charge is 0.237 e. The van der Waals surface area contributed by atoms with Crippen molar-refractivity contribution in [2.45, 2.75) is 50.6 Å². The second kappa shape index (κ2) is 7.42. The Kier molecular flexibility index (Phi) is 5.04. The van der Waals surface area contributed by atoms with Crippen LogP contribution in [0.2, 0.25) is 0 Å². The Bertz CT molecular complexity index is 629. The lowest BCUT2D eigenvalue weighted by Gasteiger charge is -2.37. The molecule has 1 aromatic carbocycles. The standard InChI is InChI=1S/C20H28FN3O/c21-16-7-5-15-6-8-19(17(15)11-16)24-10-2-3-14(13-24)12-23-20(25)18-4-1-9-22-18/h5,7,11,14,18-19,22H,1-4,6,8-10,12-13H2,(H,23,25). The number of hydrogen-bond donors (Lipinski definition) is 2. The first-order chi connectivity index (χ1) is 12.2. The van der Waals surface area contributed by atoms with E-state index in [9.17, 15) is 9.18 Å². The minimum atomic E-state index is -0.129. The molecule has 2 saturated heterocycles. The monoisotopic (exact) mass is 345 g/mol. The molecule has 1 amide bonds. The normalized spacial score (nSPS) is 29.6. The van der Waals surface area contributed by atoms with E-state index in [0.29, 0.717) is 12.0 Å². The number of carbonyl (C=O) groups is 1. The van der Waals surface area contributed by atoms with Crippen molar-refractivity contribution in [2.75, 3.05) is 26.2 Å². The van der Waals surface area contributed by atoms with Gasteiger partial charge < -0.3 is 10.6 Å². The maximum Gasteiger partial charge on any atom is 0.237 e. The molecule has 25 heavy (non-hydrogen) atoms. The molecule has 4 rings (SSSR count). The molecular formula is C20H28FN3O. The summed E-state index contributed by atoms with van der Waals surface area (Å²) in [6.07, 6.45) is 6.50. The van der Waals surface area contributed by atoms with E-state index in [2.05, 4.69) is 15.5 Å². The van der Waals surface area contributed by atoms with Gasteiger partial charge in [-0.15, -0.1) is 0 Å². The first-order valence-electron chi connectivity index (χ1n) is 9.74. The Morgan fingerprint density at radius 2 is 2.20 bits per heavy atom. The molecule has 0 radical (unpaired) electrons. The maximum absolute atomic E-state index is 13.7. The largest absolute Gasteiger partial charge is 0.354 e. The van der Waals surface area contributed by atoms with E-state index in [1.165, 1.54) is 11.1 Å². The van der Waals surface area contributed by atoms with Crippen LogP contribution in [0.4, 0.5) is 4.39 Å². The second-order valence-corrected chi connectivity index (χ2v) is 7.79. The number of halogens is 1. The predicted octanol–water partition coefficient (Wildman–Crippen LogP) is 2.39. The van der Waals surface area contributed by atoms with Crippen LogP contribution >= 0.6 is 0 Å². The summed E-state index contributed by atoms with van der Waals surface area (Å²) in [5.74, 6) is 0.523. The molecule has 3 atom stereocenters. The highest BCUT2D eigenvalue weighted by Crippen LogP contribution is 2.38. The highest BCUT2D eigenvalue weighted by atomic mass is 19.1. The van der Waals surface area contributed by atoms with Gasteiger partial charge in [-0.1, -0.05) is 6.07 Å². The van der Waals surface area contributed by atoms with Crippen LogP contribution in [0.25, 0.3) is 0 Å². The van der Waals surface area contributed by atoms with Crippen LogP contribution in [0.1, 0.15) is 49.3 Å². The topological polar surface area (TPSA) is 44.4 Å². The van der Waals surface area contributed by atoms with E-state index in [0.717, 1.165) is 64.7 Å². The lowest BCUT2D eigenvalue weighted by molar-refractivity contribution is -0.123. The number of rotatable bonds is 4. The molecule has 0 aromatic heterocycles. The Labute approximate surface area is 149 Å². The van der Waals surface area contributed by atoms with E-state index < -0.39 is 0 Å². The van der Waals surface area contributed by atoms with Crippen molar-refractivity contribution in [3.8, 4) is 0 Å². The number of nitrogens with one attached hydrogen (secondary N) is 2. The lowest BCUT2D eigenvalue weighted by Crippen LogP contribution is -2.46. The van der Waals surface area contributed by atoms with Crippen molar-refractivity contribution in [1.29, 1.82) is 0 Å². The van der Waals surface area contributed by atoms with Crippen molar-refractivity contribution in [3.05, 3.63) is 35.1 Å². The zero-order valence-corrected chi connectivity index (χ0v) is 14.8. The quantitative estimate of drug-likeness (QED) is 0.881. The van der Waals surface area contributed by atoms with Crippen LogP contribution in [0.3, 0.4) is 0 Å². The van der Waals surface area contributed by atoms with Crippen molar-refractivity contribution in [1.82, 2.24) is 15.5 Å². The SMILES string of the molecule is O=C(NCC1CCCN(C2CCc3ccc(F)cc32)C1)C1CCCN1. The number of likely N-dealkylation sites (tertiary alicyclic amines) is 1. The Morgan fingerprint density at radius 1 is 1.28 bits per heavy atom. The molecule has 136 valence electrons. The molecule has 2 aliphatic heterocycles. The first kappa shape index (κ1) is 17.0. The number of benzene rings is 1. The molecule has 4 nitrogen and oxygen atoms in total. The van der Waals surface area contributed by atoms with Gasteiger partial charge in [-0.3, -0.25) is 9.69 Å². The van der Waals surface area contributed by atoms with Crippen LogP contribution in [0.5, 0.6) is 0 Å². The zero-order chi connectivity index (χ0) is 17.2. The summed E-state index contributed by atoms with van der Waals surface area (Å²) in [7, 11) is 0. The molecule has 5 heteroatoms. The summed E-state index contributed by atoms with van der Waals surface area (Å²) in [6.45, 7) is 3.79. The van der Waals surface area contributed by atoms with Gasteiger partial charge in [-0.25, -0.2) is 4.39 Å². The third-order valence-electron chi connectivity index (χ3n) is 6.09. The van der Waals surface area contributed by atoms with Crippen LogP contribution < -0.4 is 10.6 Å². The highest BCUT2D eigenvalue weighted by Gasteiger charge is 2.32. The number of carbonyl (C=O) groups excluding carboxylic acids is 1. The summed E-state index contributed by atoms with van der Waals surface area (Å²) < 4.78 is 13.7. The molecular weight excluding hydrogens is 317 g/mol. The summed E-state index contributed by atoms with van der Waals surface area (Å²) in [5, 5.41) is 6.40. The van der Waals surface area contributed by atoms with Gasteiger partial charge in [0.2, 0.25) is 5.91 Å². The molecule has 0 saturated carbocycles. The fourth-order valence-corrected chi connectivity index (χ4v) is 4.75. The van der Waals surface area contributed by atoms with Gasteiger partial charge in [-0.05, 0) is 80.8 Å². The maximum atomic E-state index is 13.7. The number of aryl methyl sites for hydroxylation is 1. The third kappa shape index (κ3) is 3.72. The molecule has 2 heterocycles. The number of nitrogens with zero attached hydrogens (tertiary/aromatic N) is 1. The summed E-state index contributed by atoms with van der Waals surface area (Å²) >= 11 is 0. The summed E-state index contributed by atoms with van der Waals surface area (Å²) in [5.41, 5.74) is 2.48. The molecule has 3 unspecified atom stereocenters. The molecule has 2 fully saturated rings. The van der Waals surface area contributed by atoms with Crippen LogP contribution in [0, 0.1) is 11.7 Å². The minimum absolute atomic E-state index is 0.00405. The summed E-state index contributed by atoms with van der Waals surface area (Å²) in [4.78, 5) is 14.7. The fraction of sp³-hybridized carbons (Fsp3) is 0.650. The molecule has 1 aliphatic carbocycles. The molecule has 0 spiro atoms.